The van der Waals surface area contributed by atoms with Gasteiger partial charge in [0.2, 0.25) is 0 Å². The molecule has 5 N–H and O–H groups in total. The first-order chi connectivity index (χ1) is 12.0. The van der Waals surface area contributed by atoms with Crippen molar-refractivity contribution in [1.29, 1.82) is 0 Å². The average molecular weight is 359 g/mol. The number of halogens is 1. The van der Waals surface area contributed by atoms with Crippen LogP contribution in [0.15, 0.2) is 53.5 Å². The van der Waals surface area contributed by atoms with Crippen LogP contribution in [-0.2, 0) is 4.79 Å². The molecule has 0 saturated heterocycles. The SMILES string of the molecule is NNC=Nc1cccc(C(=O)Nc2ccc(/C=C/C(=O)O)c(Cl)c2)c1. The van der Waals surface area contributed by atoms with Crippen molar-refractivity contribution in [1.82, 2.24) is 5.43 Å². The summed E-state index contributed by atoms with van der Waals surface area (Å²) in [6.07, 6.45) is 3.67. The molecule has 0 aromatic heterocycles. The molecule has 0 saturated carbocycles. The van der Waals surface area contributed by atoms with Crippen molar-refractivity contribution >= 4 is 47.3 Å². The second-order valence-corrected chi connectivity index (χ2v) is 5.24. The molecule has 0 spiro atoms. The third-order valence-electron chi connectivity index (χ3n) is 3.06. The molecule has 7 nitrogen and oxygen atoms in total. The van der Waals surface area contributed by atoms with Crippen LogP contribution in [0.4, 0.5) is 11.4 Å². The van der Waals surface area contributed by atoms with Gasteiger partial charge in [-0.25, -0.2) is 15.6 Å². The topological polar surface area (TPSA) is 117 Å². The number of carbonyl (C=O) groups is 2. The van der Waals surface area contributed by atoms with Crippen molar-refractivity contribution in [3.8, 4) is 0 Å². The van der Waals surface area contributed by atoms with Crippen molar-refractivity contribution in [3.63, 3.8) is 0 Å². The fourth-order valence-electron chi connectivity index (χ4n) is 1.94. The molecule has 1 amide bonds. The third kappa shape index (κ3) is 5.45. The largest absolute Gasteiger partial charge is 0.478 e. The highest BCUT2D eigenvalue weighted by Gasteiger charge is 2.08. The Hall–Kier alpha value is -3.16. The molecule has 0 fully saturated rings. The maximum atomic E-state index is 12.3. The third-order valence-corrected chi connectivity index (χ3v) is 3.39. The van der Waals surface area contributed by atoms with Crippen molar-refractivity contribution in [2.24, 2.45) is 10.8 Å². The van der Waals surface area contributed by atoms with Gasteiger partial charge in [-0.05, 0) is 42.0 Å². The molecule has 2 rings (SSSR count). The number of hydrogen-bond acceptors (Lipinski definition) is 4. The lowest BCUT2D eigenvalue weighted by molar-refractivity contribution is -0.131. The highest BCUT2D eigenvalue weighted by Crippen LogP contribution is 2.23. The van der Waals surface area contributed by atoms with E-state index in [1.807, 2.05) is 0 Å². The average Bonchev–Trinajstić information content (AvgIpc) is 2.59. The summed E-state index contributed by atoms with van der Waals surface area (Å²) in [7, 11) is 0. The van der Waals surface area contributed by atoms with Gasteiger partial charge in [-0.15, -0.1) is 0 Å². The zero-order chi connectivity index (χ0) is 18.2. The van der Waals surface area contributed by atoms with Gasteiger partial charge in [0.15, 0.2) is 0 Å². The van der Waals surface area contributed by atoms with E-state index in [2.05, 4.69) is 15.7 Å². The fourth-order valence-corrected chi connectivity index (χ4v) is 2.19. The minimum absolute atomic E-state index is 0.322. The van der Waals surface area contributed by atoms with E-state index in [1.54, 1.807) is 42.5 Å². The number of hydrazine groups is 1. The summed E-state index contributed by atoms with van der Waals surface area (Å²) in [6.45, 7) is 0. The second kappa shape index (κ2) is 8.62. The molecule has 2 aromatic rings. The first kappa shape index (κ1) is 18.2. The Bertz CT molecular complexity index is 850. The molecular formula is C17H15ClN4O3. The van der Waals surface area contributed by atoms with Gasteiger partial charge in [-0.2, -0.15) is 0 Å². The Morgan fingerprint density at radius 1 is 1.20 bits per heavy atom. The smallest absolute Gasteiger partial charge is 0.328 e. The minimum atomic E-state index is -1.07. The van der Waals surface area contributed by atoms with Gasteiger partial charge in [-0.1, -0.05) is 23.7 Å². The summed E-state index contributed by atoms with van der Waals surface area (Å²) in [6, 6.07) is 11.5. The predicted molar refractivity (Wildman–Crippen MR) is 98.0 cm³/mol. The molecule has 0 atom stereocenters. The van der Waals surface area contributed by atoms with Crippen LogP contribution in [0, 0.1) is 0 Å². The predicted octanol–water partition coefficient (Wildman–Crippen LogP) is 2.81. The van der Waals surface area contributed by atoms with Crippen LogP contribution in [0.25, 0.3) is 6.08 Å². The molecule has 0 bridgehead atoms. The first-order valence-corrected chi connectivity index (χ1v) is 7.48. The number of aliphatic carboxylic acids is 1. The Labute approximate surface area is 148 Å². The maximum Gasteiger partial charge on any atom is 0.328 e. The molecule has 25 heavy (non-hydrogen) atoms. The van der Waals surface area contributed by atoms with Crippen LogP contribution in [-0.4, -0.2) is 23.3 Å². The number of anilines is 1. The van der Waals surface area contributed by atoms with Crippen LogP contribution >= 0.6 is 11.6 Å². The molecule has 2 aromatic carbocycles. The Kier molecular flexibility index (Phi) is 6.27. The number of nitrogens with two attached hydrogens (primary N) is 1. The monoisotopic (exact) mass is 358 g/mol. The maximum absolute atomic E-state index is 12.3. The summed E-state index contributed by atoms with van der Waals surface area (Å²) in [5, 5.41) is 11.7. The summed E-state index contributed by atoms with van der Waals surface area (Å²) in [5.41, 5.74) is 4.29. The number of carbonyl (C=O) groups excluding carboxylic acids is 1. The highest BCUT2D eigenvalue weighted by molar-refractivity contribution is 6.32. The number of benzene rings is 2. The van der Waals surface area contributed by atoms with Gasteiger partial charge < -0.3 is 15.8 Å². The molecule has 128 valence electrons. The van der Waals surface area contributed by atoms with Gasteiger partial charge in [0, 0.05) is 22.3 Å². The number of nitrogens with zero attached hydrogens (tertiary/aromatic N) is 1. The van der Waals surface area contributed by atoms with E-state index >= 15 is 0 Å². The number of rotatable bonds is 6. The second-order valence-electron chi connectivity index (χ2n) is 4.84. The normalized spacial score (nSPS) is 11.0. The number of carboxylic acid groups (broad SMARTS) is 1. The van der Waals surface area contributed by atoms with E-state index < -0.39 is 5.97 Å². The van der Waals surface area contributed by atoms with E-state index in [4.69, 9.17) is 22.6 Å². The Balaban J connectivity index is 2.14. The molecule has 0 aliphatic rings. The van der Waals surface area contributed by atoms with E-state index in [-0.39, 0.29) is 5.91 Å². The molecule has 0 aliphatic carbocycles. The van der Waals surface area contributed by atoms with Crippen molar-refractivity contribution in [3.05, 3.63) is 64.7 Å². The minimum Gasteiger partial charge on any atom is -0.478 e. The zero-order valence-corrected chi connectivity index (χ0v) is 13.7. The van der Waals surface area contributed by atoms with Crippen LogP contribution in [0.1, 0.15) is 15.9 Å². The van der Waals surface area contributed by atoms with Crippen LogP contribution in [0.2, 0.25) is 5.02 Å². The van der Waals surface area contributed by atoms with Gasteiger partial charge in [-0.3, -0.25) is 4.79 Å². The molecule has 0 aliphatic heterocycles. The summed E-state index contributed by atoms with van der Waals surface area (Å²) >= 11 is 6.09. The lowest BCUT2D eigenvalue weighted by atomic mass is 10.1. The van der Waals surface area contributed by atoms with Gasteiger partial charge >= 0.3 is 5.97 Å². The van der Waals surface area contributed by atoms with E-state index in [0.29, 0.717) is 27.5 Å². The lowest BCUT2D eigenvalue weighted by Gasteiger charge is -2.07. The number of carboxylic acids is 1. The quantitative estimate of drug-likeness (QED) is 0.208. The summed E-state index contributed by atoms with van der Waals surface area (Å²) in [4.78, 5) is 26.9. The standard InChI is InChI=1S/C17H15ClN4O3/c18-15-9-14(6-4-11(15)5-7-16(23)24)22-17(25)12-2-1-3-13(8-12)20-10-21-19/h1-10H,19H2,(H,20,21)(H,22,25)(H,23,24)/b7-5+. The molecular weight excluding hydrogens is 344 g/mol. The highest BCUT2D eigenvalue weighted by atomic mass is 35.5. The van der Waals surface area contributed by atoms with E-state index in [0.717, 1.165) is 6.08 Å². The van der Waals surface area contributed by atoms with Crippen molar-refractivity contribution in [2.45, 2.75) is 0 Å². The zero-order valence-electron chi connectivity index (χ0n) is 12.9. The van der Waals surface area contributed by atoms with Crippen molar-refractivity contribution < 1.29 is 14.7 Å². The number of nitrogens with one attached hydrogen (secondary N) is 2. The molecule has 0 unspecified atom stereocenters. The van der Waals surface area contributed by atoms with Crippen LogP contribution in [0.3, 0.4) is 0 Å². The van der Waals surface area contributed by atoms with Gasteiger partial charge in [0.05, 0.1) is 5.69 Å². The fraction of sp³-hybridized carbons (Fsp3) is 0. The molecule has 0 heterocycles. The number of amides is 1. The van der Waals surface area contributed by atoms with Crippen LogP contribution in [0.5, 0.6) is 0 Å². The van der Waals surface area contributed by atoms with Gasteiger partial charge in [0.25, 0.3) is 5.91 Å². The van der Waals surface area contributed by atoms with Gasteiger partial charge in [0.1, 0.15) is 6.34 Å². The Morgan fingerprint density at radius 2 is 2.00 bits per heavy atom. The van der Waals surface area contributed by atoms with Crippen molar-refractivity contribution in [2.75, 3.05) is 5.32 Å². The lowest BCUT2D eigenvalue weighted by Crippen LogP contribution is -2.18. The summed E-state index contributed by atoms with van der Waals surface area (Å²) in [5.74, 6) is 3.71. The van der Waals surface area contributed by atoms with Crippen LogP contribution < -0.4 is 16.6 Å². The number of aliphatic imine (C=N–C) groups is 1. The first-order valence-electron chi connectivity index (χ1n) is 7.10. The number of hydrogen-bond donors (Lipinski definition) is 4. The molecule has 8 heteroatoms. The summed E-state index contributed by atoms with van der Waals surface area (Å²) < 4.78 is 0. The Morgan fingerprint density at radius 3 is 2.68 bits per heavy atom. The van der Waals surface area contributed by atoms with E-state index in [1.165, 1.54) is 12.4 Å². The molecule has 0 radical (unpaired) electrons. The van der Waals surface area contributed by atoms with E-state index in [9.17, 15) is 9.59 Å².